The molecule has 1 heterocycles. The fraction of sp³-hybridized carbons (Fsp3) is 0.182. The van der Waals surface area contributed by atoms with Crippen LogP contribution in [-0.2, 0) is 6.42 Å². The lowest BCUT2D eigenvalue weighted by atomic mass is 10.1. The Hall–Kier alpha value is -3.21. The van der Waals surface area contributed by atoms with Crippen LogP contribution in [0.5, 0.6) is 11.5 Å². The third kappa shape index (κ3) is 4.91. The maximum absolute atomic E-state index is 13.2. The highest BCUT2D eigenvalue weighted by molar-refractivity contribution is 6.05. The van der Waals surface area contributed by atoms with Crippen molar-refractivity contribution in [3.63, 3.8) is 0 Å². The predicted octanol–water partition coefficient (Wildman–Crippen LogP) is 5.53. The van der Waals surface area contributed by atoms with Crippen molar-refractivity contribution >= 4 is 11.6 Å². The van der Waals surface area contributed by atoms with Crippen LogP contribution in [-0.4, -0.2) is 10.9 Å². The van der Waals surface area contributed by atoms with Crippen molar-refractivity contribution < 1.29 is 13.9 Å². The molecule has 5 heteroatoms. The van der Waals surface area contributed by atoms with Crippen LogP contribution in [0, 0.1) is 12.7 Å². The van der Waals surface area contributed by atoms with Crippen molar-refractivity contribution in [2.75, 3.05) is 5.32 Å². The third-order valence-corrected chi connectivity index (χ3v) is 4.04. The zero-order valence-corrected chi connectivity index (χ0v) is 15.3. The quantitative estimate of drug-likeness (QED) is 0.626. The van der Waals surface area contributed by atoms with Gasteiger partial charge in [0.15, 0.2) is 0 Å². The van der Waals surface area contributed by atoms with Gasteiger partial charge in [0.05, 0.1) is 11.3 Å². The molecule has 4 nitrogen and oxygen atoms in total. The SMILES string of the molecule is CCCc1ccc(C(=O)Nc2ccc(Oc3cccc(F)c3)cc2)c(C)n1. The number of hydrogen-bond acceptors (Lipinski definition) is 3. The number of hydrogen-bond donors (Lipinski definition) is 1. The summed E-state index contributed by atoms with van der Waals surface area (Å²) in [5.74, 6) is 0.410. The number of benzene rings is 2. The van der Waals surface area contributed by atoms with E-state index in [1.807, 2.05) is 19.1 Å². The first-order valence-corrected chi connectivity index (χ1v) is 8.86. The van der Waals surface area contributed by atoms with E-state index < -0.39 is 0 Å². The van der Waals surface area contributed by atoms with E-state index in [0.29, 0.717) is 28.4 Å². The van der Waals surface area contributed by atoms with Gasteiger partial charge in [-0.25, -0.2) is 4.39 Å². The van der Waals surface area contributed by atoms with Gasteiger partial charge in [0.25, 0.3) is 5.91 Å². The Kier molecular flexibility index (Phi) is 5.81. The molecular weight excluding hydrogens is 343 g/mol. The summed E-state index contributed by atoms with van der Waals surface area (Å²) in [5, 5.41) is 2.86. The minimum absolute atomic E-state index is 0.207. The van der Waals surface area contributed by atoms with Gasteiger partial charge in [0, 0.05) is 17.4 Å². The summed E-state index contributed by atoms with van der Waals surface area (Å²) in [6.45, 7) is 3.93. The number of pyridine rings is 1. The summed E-state index contributed by atoms with van der Waals surface area (Å²) in [6, 6.07) is 16.5. The van der Waals surface area contributed by atoms with Crippen LogP contribution in [0.4, 0.5) is 10.1 Å². The van der Waals surface area contributed by atoms with E-state index in [2.05, 4.69) is 17.2 Å². The van der Waals surface area contributed by atoms with Crippen molar-refractivity contribution in [2.24, 2.45) is 0 Å². The Morgan fingerprint density at radius 1 is 1.07 bits per heavy atom. The number of aryl methyl sites for hydroxylation is 2. The van der Waals surface area contributed by atoms with Crippen LogP contribution >= 0.6 is 0 Å². The Balaban J connectivity index is 1.66. The molecule has 0 aliphatic rings. The molecule has 1 aromatic heterocycles. The monoisotopic (exact) mass is 364 g/mol. The number of anilines is 1. The van der Waals surface area contributed by atoms with Gasteiger partial charge in [-0.3, -0.25) is 9.78 Å². The molecule has 0 saturated heterocycles. The minimum atomic E-state index is -0.356. The van der Waals surface area contributed by atoms with E-state index in [1.165, 1.54) is 12.1 Å². The molecule has 0 aliphatic heterocycles. The molecule has 27 heavy (non-hydrogen) atoms. The average molecular weight is 364 g/mol. The second-order valence-electron chi connectivity index (χ2n) is 6.22. The van der Waals surface area contributed by atoms with Crippen LogP contribution in [0.1, 0.15) is 35.1 Å². The van der Waals surface area contributed by atoms with Crippen molar-refractivity contribution in [2.45, 2.75) is 26.7 Å². The van der Waals surface area contributed by atoms with Crippen LogP contribution < -0.4 is 10.1 Å². The number of halogens is 1. The van der Waals surface area contributed by atoms with Gasteiger partial charge >= 0.3 is 0 Å². The van der Waals surface area contributed by atoms with Crippen molar-refractivity contribution in [1.82, 2.24) is 4.98 Å². The number of nitrogens with zero attached hydrogens (tertiary/aromatic N) is 1. The summed E-state index contributed by atoms with van der Waals surface area (Å²) in [4.78, 5) is 17.0. The lowest BCUT2D eigenvalue weighted by Crippen LogP contribution is -2.14. The maximum Gasteiger partial charge on any atom is 0.257 e. The number of aromatic nitrogens is 1. The van der Waals surface area contributed by atoms with Crippen molar-refractivity contribution in [1.29, 1.82) is 0 Å². The van der Waals surface area contributed by atoms with E-state index in [9.17, 15) is 9.18 Å². The molecule has 2 aromatic carbocycles. The van der Waals surface area contributed by atoms with Crippen LogP contribution in [0.3, 0.4) is 0 Å². The zero-order valence-electron chi connectivity index (χ0n) is 15.3. The van der Waals surface area contributed by atoms with Crippen LogP contribution in [0.2, 0.25) is 0 Å². The van der Waals surface area contributed by atoms with Gasteiger partial charge < -0.3 is 10.1 Å². The minimum Gasteiger partial charge on any atom is -0.457 e. The third-order valence-electron chi connectivity index (χ3n) is 4.04. The summed E-state index contributed by atoms with van der Waals surface area (Å²) in [5.41, 5.74) is 2.90. The molecule has 0 aliphatic carbocycles. The Labute approximate surface area is 158 Å². The van der Waals surface area contributed by atoms with Gasteiger partial charge in [0.1, 0.15) is 17.3 Å². The van der Waals surface area contributed by atoms with Gasteiger partial charge in [-0.1, -0.05) is 19.4 Å². The molecule has 0 fully saturated rings. The zero-order chi connectivity index (χ0) is 19.2. The molecule has 0 atom stereocenters. The summed E-state index contributed by atoms with van der Waals surface area (Å²) in [6.07, 6.45) is 1.91. The summed E-state index contributed by atoms with van der Waals surface area (Å²) >= 11 is 0. The fourth-order valence-electron chi connectivity index (χ4n) is 2.72. The number of amides is 1. The highest BCUT2D eigenvalue weighted by Gasteiger charge is 2.11. The summed E-state index contributed by atoms with van der Waals surface area (Å²) in [7, 11) is 0. The topological polar surface area (TPSA) is 51.2 Å². The number of rotatable bonds is 6. The lowest BCUT2D eigenvalue weighted by molar-refractivity contribution is 0.102. The average Bonchev–Trinajstić information content (AvgIpc) is 2.64. The van der Waals surface area contributed by atoms with Crippen LogP contribution in [0.25, 0.3) is 0 Å². The molecular formula is C22H21FN2O2. The molecule has 0 unspecified atom stereocenters. The van der Waals surface area contributed by atoms with Crippen LogP contribution in [0.15, 0.2) is 60.7 Å². The standard InChI is InChI=1S/C22H21FN2O2/c1-3-5-17-10-13-21(15(2)24-17)22(26)25-18-8-11-19(12-9-18)27-20-7-4-6-16(23)14-20/h4,6-14H,3,5H2,1-2H3,(H,25,26). The number of nitrogens with one attached hydrogen (secondary N) is 1. The van der Waals surface area contributed by atoms with Gasteiger partial charge in [0.2, 0.25) is 0 Å². The fourth-order valence-corrected chi connectivity index (χ4v) is 2.72. The molecule has 0 spiro atoms. The first-order valence-electron chi connectivity index (χ1n) is 8.86. The number of carbonyl (C=O) groups is 1. The lowest BCUT2D eigenvalue weighted by Gasteiger charge is -2.10. The van der Waals surface area contributed by atoms with E-state index in [0.717, 1.165) is 18.5 Å². The van der Waals surface area contributed by atoms with Crippen molar-refractivity contribution in [3.05, 3.63) is 83.4 Å². The highest BCUT2D eigenvalue weighted by atomic mass is 19.1. The molecule has 0 saturated carbocycles. The largest absolute Gasteiger partial charge is 0.457 e. The van der Waals surface area contributed by atoms with Crippen molar-refractivity contribution in [3.8, 4) is 11.5 Å². The predicted molar refractivity (Wildman–Crippen MR) is 104 cm³/mol. The highest BCUT2D eigenvalue weighted by Crippen LogP contribution is 2.24. The van der Waals surface area contributed by atoms with Gasteiger partial charge in [-0.05, 0) is 61.9 Å². The molecule has 1 amide bonds. The normalized spacial score (nSPS) is 10.5. The molecule has 138 valence electrons. The summed E-state index contributed by atoms with van der Waals surface area (Å²) < 4.78 is 18.8. The number of ether oxygens (including phenoxy) is 1. The Bertz CT molecular complexity index is 939. The smallest absolute Gasteiger partial charge is 0.257 e. The molecule has 3 rings (SSSR count). The number of carbonyl (C=O) groups excluding carboxylic acids is 1. The van der Waals surface area contributed by atoms with Gasteiger partial charge in [-0.15, -0.1) is 0 Å². The van der Waals surface area contributed by atoms with Gasteiger partial charge in [-0.2, -0.15) is 0 Å². The van der Waals surface area contributed by atoms with E-state index >= 15 is 0 Å². The molecule has 1 N–H and O–H groups in total. The Morgan fingerprint density at radius 2 is 1.85 bits per heavy atom. The molecule has 0 bridgehead atoms. The second kappa shape index (κ2) is 8.45. The van der Waals surface area contributed by atoms with E-state index in [1.54, 1.807) is 36.4 Å². The van der Waals surface area contributed by atoms with E-state index in [-0.39, 0.29) is 11.7 Å². The maximum atomic E-state index is 13.2. The first-order chi connectivity index (χ1) is 13.0. The Morgan fingerprint density at radius 3 is 2.52 bits per heavy atom. The molecule has 3 aromatic rings. The molecule has 0 radical (unpaired) electrons. The second-order valence-corrected chi connectivity index (χ2v) is 6.22. The van der Waals surface area contributed by atoms with E-state index in [4.69, 9.17) is 4.74 Å². The first kappa shape index (κ1) is 18.6.